The third kappa shape index (κ3) is 3.67. The molecule has 1 aliphatic carbocycles. The van der Waals surface area contributed by atoms with Crippen LogP contribution in [0.1, 0.15) is 21.8 Å². The molecule has 0 radical (unpaired) electrons. The lowest BCUT2D eigenvalue weighted by molar-refractivity contribution is 0.0963. The summed E-state index contributed by atoms with van der Waals surface area (Å²) in [4.78, 5) is 15.2. The molecule has 0 aliphatic heterocycles. The molecule has 0 bridgehead atoms. The first-order valence-electron chi connectivity index (χ1n) is 8.96. The summed E-state index contributed by atoms with van der Waals surface area (Å²) < 4.78 is 14.8. The fourth-order valence-corrected chi connectivity index (χ4v) is 4.47. The van der Waals surface area contributed by atoms with Gasteiger partial charge in [0.2, 0.25) is 5.75 Å². The minimum absolute atomic E-state index is 0.200. The van der Waals surface area contributed by atoms with Crippen molar-refractivity contribution in [2.45, 2.75) is 10.3 Å². The highest BCUT2D eigenvalue weighted by atomic mass is 35.5. The fraction of sp³-hybridized carbons (Fsp3) is 0.381. The number of alkyl halides is 2. The van der Waals surface area contributed by atoms with Gasteiger partial charge in [-0.15, -0.1) is 23.2 Å². The van der Waals surface area contributed by atoms with Crippen LogP contribution in [0.4, 0.5) is 11.4 Å². The van der Waals surface area contributed by atoms with Gasteiger partial charge in [-0.2, -0.15) is 0 Å². The lowest BCUT2D eigenvalue weighted by atomic mass is 10.0. The van der Waals surface area contributed by atoms with E-state index in [-0.39, 0.29) is 11.7 Å². The smallest absolute Gasteiger partial charge is 0.203 e. The Balaban J connectivity index is 1.95. The van der Waals surface area contributed by atoms with Crippen molar-refractivity contribution < 1.29 is 19.0 Å². The number of carbonyl (C=O) groups is 1. The van der Waals surface area contributed by atoms with Crippen LogP contribution in [0.15, 0.2) is 30.3 Å². The average molecular weight is 439 g/mol. The number of nitrogen functional groups attached to an aromatic ring is 1. The van der Waals surface area contributed by atoms with Crippen LogP contribution in [0.2, 0.25) is 0 Å². The molecule has 0 aromatic heterocycles. The number of nitrogens with two attached hydrogens (primary N) is 1. The van der Waals surface area contributed by atoms with Crippen molar-refractivity contribution in [2.75, 3.05) is 46.1 Å². The number of anilines is 2. The SMILES string of the molecule is COc1cc(C(=O)C2C(c3ccc(N(C)C)c(N)c3)C2(Cl)Cl)cc(OC)c1OC. The molecule has 1 aliphatic rings. The molecule has 0 heterocycles. The van der Waals surface area contributed by atoms with Crippen LogP contribution in [0.5, 0.6) is 17.2 Å². The number of Topliss-reactive ketones (excluding diaryl/α,β-unsaturated/α-hetero) is 1. The van der Waals surface area contributed by atoms with E-state index >= 15 is 0 Å². The van der Waals surface area contributed by atoms with E-state index in [1.165, 1.54) is 21.3 Å². The summed E-state index contributed by atoms with van der Waals surface area (Å²) in [6.07, 6.45) is 0. The Morgan fingerprint density at radius 1 is 1.03 bits per heavy atom. The number of methoxy groups -OCH3 is 3. The van der Waals surface area contributed by atoms with Gasteiger partial charge in [-0.05, 0) is 29.8 Å². The summed E-state index contributed by atoms with van der Waals surface area (Å²) >= 11 is 13.0. The lowest BCUT2D eigenvalue weighted by Crippen LogP contribution is -2.11. The second-order valence-corrected chi connectivity index (χ2v) is 8.57. The molecule has 0 spiro atoms. The first kappa shape index (κ1) is 21.4. The zero-order valence-electron chi connectivity index (χ0n) is 17.0. The van der Waals surface area contributed by atoms with E-state index in [1.54, 1.807) is 12.1 Å². The van der Waals surface area contributed by atoms with Crippen molar-refractivity contribution in [3.8, 4) is 17.2 Å². The molecule has 1 saturated carbocycles. The van der Waals surface area contributed by atoms with Crippen molar-refractivity contribution in [1.82, 2.24) is 0 Å². The fourth-order valence-electron chi connectivity index (χ4n) is 3.64. The van der Waals surface area contributed by atoms with Gasteiger partial charge in [-0.1, -0.05) is 6.07 Å². The van der Waals surface area contributed by atoms with E-state index in [4.69, 9.17) is 43.1 Å². The topological polar surface area (TPSA) is 74.0 Å². The third-order valence-corrected chi connectivity index (χ3v) is 6.12. The van der Waals surface area contributed by atoms with Crippen LogP contribution in [-0.4, -0.2) is 45.5 Å². The molecule has 2 atom stereocenters. The summed E-state index contributed by atoms with van der Waals surface area (Å²) in [5, 5.41) is 0. The number of ether oxygens (including phenoxy) is 3. The zero-order chi connectivity index (χ0) is 21.5. The van der Waals surface area contributed by atoms with Gasteiger partial charge in [0.1, 0.15) is 4.33 Å². The van der Waals surface area contributed by atoms with Gasteiger partial charge in [-0.25, -0.2) is 0 Å². The highest BCUT2D eigenvalue weighted by Crippen LogP contribution is 2.66. The van der Waals surface area contributed by atoms with E-state index in [1.807, 2.05) is 37.2 Å². The van der Waals surface area contributed by atoms with Crippen molar-refractivity contribution >= 4 is 40.4 Å². The quantitative estimate of drug-likeness (QED) is 0.397. The second-order valence-electron chi connectivity index (χ2n) is 7.12. The molecule has 2 aromatic rings. The highest BCUT2D eigenvalue weighted by molar-refractivity contribution is 6.54. The molecule has 29 heavy (non-hydrogen) atoms. The number of nitrogens with zero attached hydrogens (tertiary/aromatic N) is 1. The first-order valence-corrected chi connectivity index (χ1v) is 9.71. The molecule has 156 valence electrons. The second kappa shape index (κ2) is 7.84. The Hall–Kier alpha value is -2.31. The van der Waals surface area contributed by atoms with Gasteiger partial charge >= 0.3 is 0 Å². The lowest BCUT2D eigenvalue weighted by Gasteiger charge is -2.16. The Labute approximate surface area is 180 Å². The minimum atomic E-state index is -1.22. The summed E-state index contributed by atoms with van der Waals surface area (Å²) in [6.45, 7) is 0. The van der Waals surface area contributed by atoms with Crippen molar-refractivity contribution in [2.24, 2.45) is 5.92 Å². The molecule has 8 heteroatoms. The first-order chi connectivity index (χ1) is 13.7. The Bertz CT molecular complexity index is 921. The molecule has 2 N–H and O–H groups in total. The van der Waals surface area contributed by atoms with Crippen LogP contribution in [0.25, 0.3) is 0 Å². The van der Waals surface area contributed by atoms with E-state index in [0.717, 1.165) is 11.3 Å². The van der Waals surface area contributed by atoms with Gasteiger partial charge in [-0.3, -0.25) is 4.79 Å². The molecule has 0 amide bonds. The standard InChI is InChI=1S/C21H24Cl2N2O4/c1-25(2)14-7-6-11(8-13(14)24)17-18(21(17,22)23)19(26)12-9-15(27-3)20(29-5)16(10-12)28-4/h6-10,17-18H,24H2,1-5H3. The molecule has 2 unspecified atom stereocenters. The average Bonchev–Trinajstić information content (AvgIpc) is 3.27. The molecule has 0 saturated heterocycles. The Morgan fingerprint density at radius 2 is 1.62 bits per heavy atom. The van der Waals surface area contributed by atoms with Crippen LogP contribution in [0, 0.1) is 5.92 Å². The predicted octanol–water partition coefficient (Wildman–Crippen LogP) is 4.13. The normalized spacial score (nSPS) is 19.4. The molecular weight excluding hydrogens is 415 g/mol. The van der Waals surface area contributed by atoms with Gasteiger partial charge in [0.05, 0.1) is 38.6 Å². The van der Waals surface area contributed by atoms with Crippen molar-refractivity contribution in [3.05, 3.63) is 41.5 Å². The van der Waals surface area contributed by atoms with Crippen LogP contribution in [-0.2, 0) is 0 Å². The summed E-state index contributed by atoms with van der Waals surface area (Å²) in [5.41, 5.74) is 8.85. The summed E-state index contributed by atoms with van der Waals surface area (Å²) in [5.74, 6) is 0.0149. The predicted molar refractivity (Wildman–Crippen MR) is 116 cm³/mol. The highest BCUT2D eigenvalue weighted by Gasteiger charge is 2.67. The van der Waals surface area contributed by atoms with Gasteiger partial charge in [0.25, 0.3) is 0 Å². The van der Waals surface area contributed by atoms with Crippen LogP contribution >= 0.6 is 23.2 Å². The third-order valence-electron chi connectivity index (χ3n) is 5.18. The number of hydrogen-bond acceptors (Lipinski definition) is 6. The van der Waals surface area contributed by atoms with Crippen molar-refractivity contribution in [3.63, 3.8) is 0 Å². The van der Waals surface area contributed by atoms with Crippen LogP contribution < -0.4 is 24.8 Å². The molecule has 1 fully saturated rings. The number of ketones is 1. The van der Waals surface area contributed by atoms with Gasteiger partial charge in [0.15, 0.2) is 17.3 Å². The minimum Gasteiger partial charge on any atom is -0.493 e. The van der Waals surface area contributed by atoms with E-state index in [0.29, 0.717) is 28.5 Å². The maximum absolute atomic E-state index is 13.2. The van der Waals surface area contributed by atoms with Crippen molar-refractivity contribution in [1.29, 1.82) is 0 Å². The van der Waals surface area contributed by atoms with E-state index in [9.17, 15) is 4.79 Å². The number of carbonyl (C=O) groups excluding carboxylic acids is 1. The molecule has 6 nitrogen and oxygen atoms in total. The van der Waals surface area contributed by atoms with E-state index in [2.05, 4.69) is 0 Å². The number of halogens is 2. The Morgan fingerprint density at radius 3 is 2.07 bits per heavy atom. The number of rotatable bonds is 7. The molecular formula is C21H24Cl2N2O4. The number of hydrogen-bond donors (Lipinski definition) is 1. The zero-order valence-corrected chi connectivity index (χ0v) is 18.5. The summed E-state index contributed by atoms with van der Waals surface area (Å²) in [6, 6.07) is 8.83. The maximum atomic E-state index is 13.2. The largest absolute Gasteiger partial charge is 0.493 e. The molecule has 2 aromatic carbocycles. The van der Waals surface area contributed by atoms with Gasteiger partial charge in [0, 0.05) is 25.6 Å². The van der Waals surface area contributed by atoms with E-state index < -0.39 is 10.3 Å². The maximum Gasteiger partial charge on any atom is 0.203 e. The monoisotopic (exact) mass is 438 g/mol. The van der Waals surface area contributed by atoms with Crippen LogP contribution in [0.3, 0.4) is 0 Å². The Kier molecular flexibility index (Phi) is 5.79. The summed E-state index contributed by atoms with van der Waals surface area (Å²) in [7, 11) is 8.31. The van der Waals surface area contributed by atoms with Gasteiger partial charge < -0.3 is 24.8 Å². The number of benzene rings is 2. The molecule has 3 rings (SSSR count).